The van der Waals surface area contributed by atoms with Crippen LogP contribution in [-0.4, -0.2) is 48.1 Å². The summed E-state index contributed by atoms with van der Waals surface area (Å²) in [6.45, 7) is -0.745. The Balaban J connectivity index is 1.40. The molecule has 1 saturated heterocycles. The van der Waals surface area contributed by atoms with Crippen LogP contribution in [0.5, 0.6) is 11.8 Å². The van der Waals surface area contributed by atoms with Crippen LogP contribution in [0, 0.1) is 11.6 Å². The lowest BCUT2D eigenvalue weighted by Crippen LogP contribution is -2.48. The maximum atomic E-state index is 13.4. The minimum absolute atomic E-state index is 0.159. The highest BCUT2D eigenvalue weighted by molar-refractivity contribution is 6.30. The van der Waals surface area contributed by atoms with Gasteiger partial charge in [0.25, 0.3) is 5.91 Å². The first-order valence-corrected chi connectivity index (χ1v) is 9.81. The molecule has 2 aromatic rings. The van der Waals surface area contributed by atoms with Crippen LogP contribution in [0.2, 0.25) is 5.02 Å². The highest BCUT2D eigenvalue weighted by atomic mass is 35.5. The molecule has 1 aliphatic heterocycles. The van der Waals surface area contributed by atoms with Gasteiger partial charge in [-0.2, -0.15) is 13.2 Å². The lowest BCUT2D eigenvalue weighted by atomic mass is 10.0. The highest BCUT2D eigenvalue weighted by Crippen LogP contribution is 2.26. The van der Waals surface area contributed by atoms with Gasteiger partial charge in [0.05, 0.1) is 12.5 Å². The summed E-state index contributed by atoms with van der Waals surface area (Å²) < 4.78 is 78.3. The van der Waals surface area contributed by atoms with E-state index >= 15 is 0 Å². The molecule has 14 heteroatoms. The first-order valence-electron chi connectivity index (χ1n) is 9.44. The summed E-state index contributed by atoms with van der Waals surface area (Å²) in [5.74, 6) is -2.51. The summed E-state index contributed by atoms with van der Waals surface area (Å²) in [5.41, 5.74) is 0. The maximum absolute atomic E-state index is 13.4. The van der Waals surface area contributed by atoms with Gasteiger partial charge in [0.1, 0.15) is 29.0 Å². The van der Waals surface area contributed by atoms with Gasteiger partial charge >= 0.3 is 12.3 Å². The Kier molecular flexibility index (Phi) is 7.72. The van der Waals surface area contributed by atoms with Crippen molar-refractivity contribution in [2.75, 3.05) is 19.8 Å². The molecule has 0 unspecified atom stereocenters. The number of carbonyl (C=O) groups is 1. The normalized spacial score (nSPS) is 18.9. The Morgan fingerprint density at radius 2 is 1.94 bits per heavy atom. The molecule has 3 rings (SSSR count). The number of alkyl halides is 3. The van der Waals surface area contributed by atoms with Gasteiger partial charge in [0.15, 0.2) is 6.61 Å². The molecule has 32 heavy (non-hydrogen) atoms. The predicted octanol–water partition coefficient (Wildman–Crippen LogP) is 3.32. The largest absolute Gasteiger partial charge is 0.484 e. The zero-order valence-electron chi connectivity index (χ0n) is 16.3. The van der Waals surface area contributed by atoms with E-state index in [-0.39, 0.29) is 29.8 Å². The third kappa shape index (κ3) is 6.92. The van der Waals surface area contributed by atoms with Crippen molar-refractivity contribution < 1.29 is 40.6 Å². The van der Waals surface area contributed by atoms with Gasteiger partial charge < -0.3 is 24.5 Å². The van der Waals surface area contributed by atoms with Gasteiger partial charge in [-0.25, -0.2) is 8.78 Å². The number of nitrogens with one attached hydrogen (secondary N) is 2. The monoisotopic (exact) mass is 484 g/mol. The second-order valence-corrected chi connectivity index (χ2v) is 7.29. The van der Waals surface area contributed by atoms with Gasteiger partial charge in [-0.15, -0.1) is 5.10 Å². The Morgan fingerprint density at radius 3 is 2.56 bits per heavy atom. The van der Waals surface area contributed by atoms with Gasteiger partial charge in [0, 0.05) is 24.7 Å². The summed E-state index contributed by atoms with van der Waals surface area (Å²) in [6, 6.07) is 1.13. The van der Waals surface area contributed by atoms with Crippen molar-refractivity contribution in [2.45, 2.75) is 37.5 Å². The zero-order valence-corrected chi connectivity index (χ0v) is 17.1. The Bertz CT molecular complexity index is 911. The minimum Gasteiger partial charge on any atom is -0.484 e. The molecule has 2 N–H and O–H groups in total. The molecule has 1 aromatic heterocycles. The number of piperidine rings is 1. The first kappa shape index (κ1) is 24.0. The van der Waals surface area contributed by atoms with Crippen LogP contribution in [0.15, 0.2) is 16.5 Å². The van der Waals surface area contributed by atoms with Gasteiger partial charge in [-0.1, -0.05) is 16.7 Å². The van der Waals surface area contributed by atoms with Crippen molar-refractivity contribution in [1.29, 1.82) is 0 Å². The number of rotatable bonds is 8. The molecule has 0 bridgehead atoms. The molecule has 0 aliphatic carbocycles. The molecule has 0 saturated carbocycles. The number of benzene rings is 1. The number of aromatic nitrogens is 2. The fourth-order valence-corrected chi connectivity index (χ4v) is 3.01. The lowest BCUT2D eigenvalue weighted by molar-refractivity contribution is -0.140. The molecular formula is C18H18ClF5N4O4. The lowest BCUT2D eigenvalue weighted by Gasteiger charge is -2.28. The fourth-order valence-electron chi connectivity index (χ4n) is 2.90. The molecule has 176 valence electrons. The third-order valence-electron chi connectivity index (χ3n) is 4.44. The number of carbonyl (C=O) groups excluding carboxylic acids is 1. The fraction of sp³-hybridized carbons (Fsp3) is 0.500. The molecule has 2 atom stereocenters. The van der Waals surface area contributed by atoms with Crippen molar-refractivity contribution in [3.63, 3.8) is 0 Å². The number of amides is 1. The number of halogens is 6. The van der Waals surface area contributed by atoms with E-state index in [1.807, 2.05) is 0 Å². The SMILES string of the molecule is O=C(COc1cc(F)c(Cl)c(F)c1)N[C@H]1CC[C@H](c2nnc(OCCC(F)(F)F)o2)NC1. The van der Waals surface area contributed by atoms with Crippen LogP contribution in [0.1, 0.15) is 31.2 Å². The second-order valence-electron chi connectivity index (χ2n) is 6.91. The number of nitrogens with zero attached hydrogens (tertiary/aromatic N) is 2. The number of ether oxygens (including phenoxy) is 2. The molecule has 2 heterocycles. The molecule has 0 spiro atoms. The highest BCUT2D eigenvalue weighted by Gasteiger charge is 2.29. The summed E-state index contributed by atoms with van der Waals surface area (Å²) in [4.78, 5) is 12.0. The summed E-state index contributed by atoms with van der Waals surface area (Å²) in [6.07, 6.45) is -4.82. The molecule has 8 nitrogen and oxygen atoms in total. The van der Waals surface area contributed by atoms with Crippen molar-refractivity contribution in [2.24, 2.45) is 0 Å². The van der Waals surface area contributed by atoms with E-state index in [0.717, 1.165) is 12.1 Å². The van der Waals surface area contributed by atoms with E-state index in [1.54, 1.807) is 0 Å². The van der Waals surface area contributed by atoms with Gasteiger partial charge in [0.2, 0.25) is 5.89 Å². The number of hydrogen-bond acceptors (Lipinski definition) is 7. The van der Waals surface area contributed by atoms with Crippen LogP contribution < -0.4 is 20.1 Å². The van der Waals surface area contributed by atoms with Crippen molar-refractivity contribution in [3.05, 3.63) is 34.7 Å². The smallest absolute Gasteiger partial charge is 0.414 e. The van der Waals surface area contributed by atoms with E-state index in [9.17, 15) is 26.7 Å². The second kappa shape index (κ2) is 10.3. The number of hydrogen-bond donors (Lipinski definition) is 2. The molecule has 1 fully saturated rings. The molecule has 1 aromatic carbocycles. The maximum Gasteiger partial charge on any atom is 0.414 e. The van der Waals surface area contributed by atoms with E-state index in [4.69, 9.17) is 25.5 Å². The van der Waals surface area contributed by atoms with Crippen molar-refractivity contribution in [1.82, 2.24) is 20.8 Å². The molecular weight excluding hydrogens is 467 g/mol. The zero-order chi connectivity index (χ0) is 23.3. The van der Waals surface area contributed by atoms with Crippen molar-refractivity contribution >= 4 is 17.5 Å². The quantitative estimate of drug-likeness (QED) is 0.438. The minimum atomic E-state index is -4.35. The van der Waals surface area contributed by atoms with Crippen LogP contribution in [0.3, 0.4) is 0 Å². The Morgan fingerprint density at radius 1 is 1.22 bits per heavy atom. The molecule has 0 radical (unpaired) electrons. The van der Waals surface area contributed by atoms with E-state index in [0.29, 0.717) is 19.4 Å². The van der Waals surface area contributed by atoms with Crippen LogP contribution in [0.25, 0.3) is 0 Å². The van der Waals surface area contributed by atoms with Crippen molar-refractivity contribution in [3.8, 4) is 11.8 Å². The standard InChI is InChI=1S/C18H18ClF5N4O4/c19-15-11(20)5-10(6-12(15)21)31-8-14(29)26-9-1-2-13(25-7-9)16-27-28-17(32-16)30-4-3-18(22,23)24/h5-6,9,13,25H,1-4,7-8H2,(H,26,29)/t9-,13+/m0/s1. The van der Waals surface area contributed by atoms with E-state index in [1.165, 1.54) is 0 Å². The average Bonchev–Trinajstić information content (AvgIpc) is 3.19. The molecule has 1 amide bonds. The summed E-state index contributed by atoms with van der Waals surface area (Å²) in [7, 11) is 0. The van der Waals surface area contributed by atoms with E-state index < -0.39 is 48.4 Å². The summed E-state index contributed by atoms with van der Waals surface area (Å²) >= 11 is 5.38. The first-order chi connectivity index (χ1) is 15.1. The Labute approximate surface area is 183 Å². The molecule has 1 aliphatic rings. The van der Waals surface area contributed by atoms with Gasteiger partial charge in [-0.05, 0) is 12.8 Å². The Hall–Kier alpha value is -2.67. The van der Waals surface area contributed by atoms with Crippen LogP contribution in [-0.2, 0) is 4.79 Å². The predicted molar refractivity (Wildman–Crippen MR) is 99.2 cm³/mol. The van der Waals surface area contributed by atoms with Gasteiger partial charge in [-0.3, -0.25) is 4.79 Å². The van der Waals surface area contributed by atoms with Crippen LogP contribution in [0.4, 0.5) is 22.0 Å². The summed E-state index contributed by atoms with van der Waals surface area (Å²) in [5, 5.41) is 12.4. The average molecular weight is 485 g/mol. The van der Waals surface area contributed by atoms with Crippen LogP contribution >= 0.6 is 11.6 Å². The third-order valence-corrected chi connectivity index (χ3v) is 4.80. The topological polar surface area (TPSA) is 98.5 Å². The van der Waals surface area contributed by atoms with E-state index in [2.05, 4.69) is 20.8 Å².